The summed E-state index contributed by atoms with van der Waals surface area (Å²) in [6.45, 7) is 4.58. The average molecular weight is 385 g/mol. The van der Waals surface area contributed by atoms with Gasteiger partial charge in [0.15, 0.2) is 0 Å². The van der Waals surface area contributed by atoms with Crippen LogP contribution in [0.1, 0.15) is 27.0 Å². The number of amides is 3. The molecule has 0 spiro atoms. The van der Waals surface area contributed by atoms with Crippen molar-refractivity contribution < 1.29 is 9.59 Å². The van der Waals surface area contributed by atoms with E-state index < -0.39 is 0 Å². The Morgan fingerprint density at radius 1 is 0.897 bits per heavy atom. The molecule has 0 aromatic heterocycles. The summed E-state index contributed by atoms with van der Waals surface area (Å²) in [6.07, 6.45) is 0.808. The van der Waals surface area contributed by atoms with E-state index in [9.17, 15) is 9.59 Å². The Morgan fingerprint density at radius 3 is 2.41 bits per heavy atom. The predicted molar refractivity (Wildman–Crippen MR) is 117 cm³/mol. The van der Waals surface area contributed by atoms with Gasteiger partial charge in [-0.1, -0.05) is 42.0 Å². The molecule has 0 radical (unpaired) electrons. The fourth-order valence-electron chi connectivity index (χ4n) is 3.52. The second-order valence-electron chi connectivity index (χ2n) is 7.31. The van der Waals surface area contributed by atoms with Crippen molar-refractivity contribution in [3.8, 4) is 0 Å². The lowest BCUT2D eigenvalue weighted by molar-refractivity contribution is 0.0989. The van der Waals surface area contributed by atoms with E-state index in [1.807, 2.05) is 80.6 Å². The Hall–Kier alpha value is -3.60. The summed E-state index contributed by atoms with van der Waals surface area (Å²) in [5.41, 5.74) is 6.15. The van der Waals surface area contributed by atoms with Crippen LogP contribution in [-0.2, 0) is 6.42 Å². The molecule has 1 aliphatic rings. The second-order valence-corrected chi connectivity index (χ2v) is 7.31. The van der Waals surface area contributed by atoms with Crippen LogP contribution in [-0.4, -0.2) is 18.5 Å². The molecule has 4 rings (SSSR count). The van der Waals surface area contributed by atoms with Crippen LogP contribution in [0.25, 0.3) is 0 Å². The van der Waals surface area contributed by atoms with Crippen LogP contribution in [0.2, 0.25) is 0 Å². The summed E-state index contributed by atoms with van der Waals surface area (Å²) in [6, 6.07) is 20.6. The fourth-order valence-corrected chi connectivity index (χ4v) is 3.52. The van der Waals surface area contributed by atoms with Crippen LogP contribution in [0.3, 0.4) is 0 Å². The van der Waals surface area contributed by atoms with Crippen molar-refractivity contribution in [1.82, 2.24) is 0 Å². The van der Waals surface area contributed by atoms with Gasteiger partial charge in [0, 0.05) is 29.2 Å². The van der Waals surface area contributed by atoms with Crippen LogP contribution < -0.4 is 15.5 Å². The molecule has 1 aliphatic heterocycles. The van der Waals surface area contributed by atoms with Gasteiger partial charge in [-0.2, -0.15) is 0 Å². The van der Waals surface area contributed by atoms with Crippen molar-refractivity contribution in [2.75, 3.05) is 22.1 Å². The lowest BCUT2D eigenvalue weighted by Gasteiger charge is -2.18. The minimum atomic E-state index is -0.311. The molecule has 3 aromatic carbocycles. The molecule has 0 bridgehead atoms. The Balaban J connectivity index is 1.51. The van der Waals surface area contributed by atoms with Gasteiger partial charge in [-0.15, -0.1) is 0 Å². The molecule has 3 aromatic rings. The van der Waals surface area contributed by atoms with Crippen LogP contribution in [0.5, 0.6) is 0 Å². The molecule has 5 nitrogen and oxygen atoms in total. The van der Waals surface area contributed by atoms with Crippen LogP contribution in [0.15, 0.2) is 66.7 Å². The summed E-state index contributed by atoms with van der Waals surface area (Å²) in [5, 5.41) is 5.73. The van der Waals surface area contributed by atoms with Crippen molar-refractivity contribution in [2.45, 2.75) is 20.3 Å². The molecule has 3 amide bonds. The van der Waals surface area contributed by atoms with Crippen molar-refractivity contribution in [3.05, 3.63) is 89.0 Å². The highest BCUT2D eigenvalue weighted by Gasteiger charge is 2.26. The zero-order chi connectivity index (χ0) is 20.4. The Labute approximate surface area is 170 Å². The zero-order valence-electron chi connectivity index (χ0n) is 16.5. The Kier molecular flexibility index (Phi) is 5.04. The zero-order valence-corrected chi connectivity index (χ0v) is 16.5. The van der Waals surface area contributed by atoms with E-state index in [4.69, 9.17) is 0 Å². The molecule has 5 heteroatoms. The lowest BCUT2D eigenvalue weighted by Crippen LogP contribution is -2.29. The standard InChI is InChI=1S/C24H23N3O2/c1-16-7-9-19(10-8-16)23(28)27-14-13-18-11-12-20(15-22(18)27)25-24(29)26-21-6-4-3-5-17(21)2/h3-12,15H,13-14H2,1-2H3,(H2,25,26,29). The Bertz CT molecular complexity index is 1070. The number of nitrogens with zero attached hydrogens (tertiary/aromatic N) is 1. The number of urea groups is 1. The van der Waals surface area contributed by atoms with Gasteiger partial charge < -0.3 is 15.5 Å². The van der Waals surface area contributed by atoms with Gasteiger partial charge in [-0.25, -0.2) is 4.79 Å². The highest BCUT2D eigenvalue weighted by molar-refractivity contribution is 6.08. The summed E-state index contributed by atoms with van der Waals surface area (Å²) in [5.74, 6) is -0.0229. The first-order valence-corrected chi connectivity index (χ1v) is 9.66. The average Bonchev–Trinajstić information content (AvgIpc) is 3.13. The SMILES string of the molecule is Cc1ccc(C(=O)N2CCc3ccc(NC(=O)Nc4ccccc4C)cc32)cc1. The number of benzene rings is 3. The summed E-state index contributed by atoms with van der Waals surface area (Å²) in [7, 11) is 0. The van der Waals surface area contributed by atoms with E-state index in [1.54, 1.807) is 4.90 Å². The third kappa shape index (κ3) is 3.99. The molecular weight excluding hydrogens is 362 g/mol. The highest BCUT2D eigenvalue weighted by Crippen LogP contribution is 2.32. The minimum absolute atomic E-state index is 0.0229. The number of anilines is 3. The topological polar surface area (TPSA) is 61.4 Å². The first-order valence-electron chi connectivity index (χ1n) is 9.66. The molecule has 146 valence electrons. The molecule has 1 heterocycles. The molecule has 2 N–H and O–H groups in total. The third-order valence-corrected chi connectivity index (χ3v) is 5.18. The van der Waals surface area contributed by atoms with Crippen molar-refractivity contribution in [1.29, 1.82) is 0 Å². The summed E-state index contributed by atoms with van der Waals surface area (Å²) < 4.78 is 0. The predicted octanol–water partition coefficient (Wildman–Crippen LogP) is 5.15. The fraction of sp³-hybridized carbons (Fsp3) is 0.167. The quantitative estimate of drug-likeness (QED) is 0.655. The number of hydrogen-bond donors (Lipinski definition) is 2. The van der Waals surface area contributed by atoms with E-state index in [2.05, 4.69) is 10.6 Å². The van der Waals surface area contributed by atoms with Crippen molar-refractivity contribution >= 4 is 29.0 Å². The van der Waals surface area contributed by atoms with Crippen molar-refractivity contribution in [3.63, 3.8) is 0 Å². The number of carbonyl (C=O) groups excluding carboxylic acids is 2. The maximum atomic E-state index is 13.0. The van der Waals surface area contributed by atoms with Crippen LogP contribution in [0, 0.1) is 13.8 Å². The van der Waals surface area contributed by atoms with Gasteiger partial charge >= 0.3 is 6.03 Å². The smallest absolute Gasteiger partial charge is 0.308 e. The molecule has 0 aliphatic carbocycles. The van der Waals surface area contributed by atoms with E-state index in [1.165, 1.54) is 0 Å². The molecule has 0 saturated carbocycles. The van der Waals surface area contributed by atoms with E-state index >= 15 is 0 Å². The molecule has 29 heavy (non-hydrogen) atoms. The molecule has 0 saturated heterocycles. The second kappa shape index (κ2) is 7.80. The first kappa shape index (κ1) is 18.7. The molecular formula is C24H23N3O2. The number of nitrogens with one attached hydrogen (secondary N) is 2. The highest BCUT2D eigenvalue weighted by atomic mass is 16.2. The van der Waals surface area contributed by atoms with Gasteiger partial charge in [-0.3, -0.25) is 4.79 Å². The van der Waals surface area contributed by atoms with E-state index in [-0.39, 0.29) is 11.9 Å². The largest absolute Gasteiger partial charge is 0.323 e. The van der Waals surface area contributed by atoms with Gasteiger partial charge in [0.05, 0.1) is 0 Å². The molecule has 0 fully saturated rings. The first-order chi connectivity index (χ1) is 14.0. The summed E-state index contributed by atoms with van der Waals surface area (Å²) in [4.78, 5) is 27.1. The van der Waals surface area contributed by atoms with Gasteiger partial charge in [0.25, 0.3) is 5.91 Å². The number of carbonyl (C=O) groups is 2. The normalized spacial score (nSPS) is 12.4. The number of hydrogen-bond acceptors (Lipinski definition) is 2. The summed E-state index contributed by atoms with van der Waals surface area (Å²) >= 11 is 0. The number of rotatable bonds is 3. The molecule has 0 atom stereocenters. The maximum Gasteiger partial charge on any atom is 0.323 e. The minimum Gasteiger partial charge on any atom is -0.308 e. The number of fused-ring (bicyclic) bond motifs is 1. The van der Waals surface area contributed by atoms with Crippen molar-refractivity contribution in [2.24, 2.45) is 0 Å². The van der Waals surface area contributed by atoms with Gasteiger partial charge in [-0.05, 0) is 61.7 Å². The third-order valence-electron chi connectivity index (χ3n) is 5.18. The maximum absolute atomic E-state index is 13.0. The van der Waals surface area contributed by atoms with E-state index in [0.29, 0.717) is 17.8 Å². The molecule has 0 unspecified atom stereocenters. The number of aryl methyl sites for hydroxylation is 2. The number of para-hydroxylation sites is 1. The monoisotopic (exact) mass is 385 g/mol. The lowest BCUT2D eigenvalue weighted by atomic mass is 10.1. The Morgan fingerprint density at radius 2 is 1.66 bits per heavy atom. The van der Waals surface area contributed by atoms with Crippen LogP contribution >= 0.6 is 0 Å². The van der Waals surface area contributed by atoms with E-state index in [0.717, 1.165) is 34.5 Å². The van der Waals surface area contributed by atoms with Crippen LogP contribution in [0.4, 0.5) is 21.9 Å². The van der Waals surface area contributed by atoms with Gasteiger partial charge in [0.2, 0.25) is 0 Å². The van der Waals surface area contributed by atoms with Gasteiger partial charge in [0.1, 0.15) is 0 Å².